The lowest BCUT2D eigenvalue weighted by atomic mass is 9.76. The van der Waals surface area contributed by atoms with Crippen molar-refractivity contribution < 1.29 is 14.2 Å². The van der Waals surface area contributed by atoms with E-state index < -0.39 is 6.10 Å². The van der Waals surface area contributed by atoms with Gasteiger partial charge in [-0.2, -0.15) is 0 Å². The molecule has 2 aliphatic heterocycles. The van der Waals surface area contributed by atoms with Gasteiger partial charge in [0.25, 0.3) is 0 Å². The van der Waals surface area contributed by atoms with Crippen molar-refractivity contribution in [1.82, 2.24) is 5.32 Å². The first-order valence-electron chi connectivity index (χ1n) is 6.48. The van der Waals surface area contributed by atoms with E-state index in [1.165, 1.54) is 12.1 Å². The molecule has 2 heterocycles. The van der Waals surface area contributed by atoms with E-state index in [0.717, 1.165) is 19.5 Å². The first-order valence-corrected chi connectivity index (χ1v) is 6.48. The second kappa shape index (κ2) is 4.21. The van der Waals surface area contributed by atoms with Gasteiger partial charge in [-0.3, -0.25) is 0 Å². The Morgan fingerprint density at radius 2 is 2.33 bits per heavy atom. The summed E-state index contributed by atoms with van der Waals surface area (Å²) in [6.07, 6.45) is 0.880. The monoisotopic (exact) mass is 251 g/mol. The molecule has 0 aromatic heterocycles. The van der Waals surface area contributed by atoms with E-state index in [1.54, 1.807) is 6.07 Å². The molecule has 3 atom stereocenters. The molecule has 2 unspecified atom stereocenters. The molecule has 0 saturated carbocycles. The number of nitrogens with one attached hydrogen (secondary N) is 1. The molecule has 98 valence electrons. The van der Waals surface area contributed by atoms with Crippen molar-refractivity contribution in [3.63, 3.8) is 0 Å². The third-order valence-corrected chi connectivity index (χ3v) is 4.26. The lowest BCUT2D eigenvalue weighted by molar-refractivity contribution is -0.0661. The van der Waals surface area contributed by atoms with Gasteiger partial charge in [0.2, 0.25) is 0 Å². The summed E-state index contributed by atoms with van der Waals surface area (Å²) in [5.74, 6) is 0.486. The molecule has 4 heteroatoms. The van der Waals surface area contributed by atoms with Crippen LogP contribution < -0.4 is 10.1 Å². The number of aliphatic hydroxyl groups excluding tert-OH is 1. The highest BCUT2D eigenvalue weighted by Crippen LogP contribution is 2.45. The van der Waals surface area contributed by atoms with E-state index in [0.29, 0.717) is 23.7 Å². The van der Waals surface area contributed by atoms with Crippen LogP contribution in [-0.4, -0.2) is 23.8 Å². The van der Waals surface area contributed by atoms with Crippen molar-refractivity contribution in [2.45, 2.75) is 31.5 Å². The average Bonchev–Trinajstić information content (AvgIpc) is 2.32. The first kappa shape index (κ1) is 11.9. The molecule has 1 aromatic carbocycles. The normalized spacial score (nSPS) is 35.1. The zero-order chi connectivity index (χ0) is 12.8. The molecule has 1 aromatic rings. The van der Waals surface area contributed by atoms with Crippen LogP contribution in [0.2, 0.25) is 0 Å². The SMILES string of the molecule is CC1CNCCC12C[C@H](O)c1ccc(F)cc1O2. The minimum absolute atomic E-state index is 0.303. The molecule has 1 saturated heterocycles. The summed E-state index contributed by atoms with van der Waals surface area (Å²) in [6, 6.07) is 4.37. The van der Waals surface area contributed by atoms with Gasteiger partial charge in [0.05, 0.1) is 6.10 Å². The van der Waals surface area contributed by atoms with Crippen LogP contribution in [0.3, 0.4) is 0 Å². The lowest BCUT2D eigenvalue weighted by Crippen LogP contribution is -2.55. The Kier molecular flexibility index (Phi) is 2.79. The minimum atomic E-state index is -0.560. The standard InChI is InChI=1S/C14H18FNO2/c1-9-8-16-5-4-14(9)7-12(17)11-3-2-10(15)6-13(11)18-14/h2-3,6,9,12,16-17H,4-5,7-8H2,1H3/t9?,12-,14?/m0/s1. The van der Waals surface area contributed by atoms with Gasteiger partial charge in [0, 0.05) is 30.5 Å². The number of aliphatic hydroxyl groups is 1. The predicted molar refractivity (Wildman–Crippen MR) is 66.0 cm³/mol. The van der Waals surface area contributed by atoms with E-state index in [2.05, 4.69) is 12.2 Å². The first-order chi connectivity index (χ1) is 8.61. The number of hydrogen-bond donors (Lipinski definition) is 2. The Hall–Kier alpha value is -1.13. The zero-order valence-electron chi connectivity index (χ0n) is 10.4. The fraction of sp³-hybridized carbons (Fsp3) is 0.571. The van der Waals surface area contributed by atoms with Crippen molar-refractivity contribution in [3.8, 4) is 5.75 Å². The molecular weight excluding hydrogens is 233 g/mol. The summed E-state index contributed by atoms with van der Waals surface area (Å²) in [5, 5.41) is 13.6. The maximum absolute atomic E-state index is 13.3. The molecule has 3 nitrogen and oxygen atoms in total. The van der Waals surface area contributed by atoms with Crippen LogP contribution >= 0.6 is 0 Å². The summed E-state index contributed by atoms with van der Waals surface area (Å²) in [6.45, 7) is 3.86. The third-order valence-electron chi connectivity index (χ3n) is 4.26. The fourth-order valence-corrected chi connectivity index (χ4v) is 3.08. The van der Waals surface area contributed by atoms with Crippen LogP contribution in [0.5, 0.6) is 5.75 Å². The molecule has 0 aliphatic carbocycles. The van der Waals surface area contributed by atoms with Crippen molar-refractivity contribution in [2.24, 2.45) is 5.92 Å². The van der Waals surface area contributed by atoms with Crippen molar-refractivity contribution in [3.05, 3.63) is 29.6 Å². The van der Waals surface area contributed by atoms with Crippen LogP contribution in [0, 0.1) is 11.7 Å². The molecule has 2 N–H and O–H groups in total. The fourth-order valence-electron chi connectivity index (χ4n) is 3.08. The van der Waals surface area contributed by atoms with E-state index in [9.17, 15) is 9.50 Å². The summed E-state index contributed by atoms with van der Waals surface area (Å²) < 4.78 is 19.4. The topological polar surface area (TPSA) is 41.5 Å². The second-order valence-electron chi connectivity index (χ2n) is 5.42. The Morgan fingerprint density at radius 1 is 1.50 bits per heavy atom. The third kappa shape index (κ3) is 1.80. The number of ether oxygens (including phenoxy) is 1. The van der Waals surface area contributed by atoms with Crippen LogP contribution in [0.25, 0.3) is 0 Å². The highest BCUT2D eigenvalue weighted by Gasteiger charge is 2.45. The number of rotatable bonds is 0. The van der Waals surface area contributed by atoms with Gasteiger partial charge >= 0.3 is 0 Å². The van der Waals surface area contributed by atoms with E-state index in [4.69, 9.17) is 4.74 Å². The number of fused-ring (bicyclic) bond motifs is 1. The summed E-state index contributed by atoms with van der Waals surface area (Å²) >= 11 is 0. The zero-order valence-corrected chi connectivity index (χ0v) is 10.4. The molecule has 1 fully saturated rings. The summed E-state index contributed by atoms with van der Waals surface area (Å²) in [4.78, 5) is 0. The van der Waals surface area contributed by atoms with Gasteiger partial charge in [-0.25, -0.2) is 4.39 Å². The molecule has 0 amide bonds. The van der Waals surface area contributed by atoms with Gasteiger partial charge in [-0.1, -0.05) is 6.92 Å². The average molecular weight is 251 g/mol. The number of benzene rings is 1. The molecule has 3 rings (SSSR count). The largest absolute Gasteiger partial charge is 0.486 e. The number of hydrogen-bond acceptors (Lipinski definition) is 3. The van der Waals surface area contributed by atoms with Gasteiger partial charge in [-0.05, 0) is 25.1 Å². The maximum atomic E-state index is 13.3. The molecule has 2 aliphatic rings. The minimum Gasteiger partial charge on any atom is -0.486 e. The van der Waals surface area contributed by atoms with Crippen LogP contribution in [0.4, 0.5) is 4.39 Å². The highest BCUT2D eigenvalue weighted by molar-refractivity contribution is 5.39. The Labute approximate surface area is 106 Å². The van der Waals surface area contributed by atoms with Gasteiger partial charge in [0.1, 0.15) is 17.2 Å². The van der Waals surface area contributed by atoms with E-state index >= 15 is 0 Å². The number of halogens is 1. The van der Waals surface area contributed by atoms with E-state index in [1.807, 2.05) is 0 Å². The lowest BCUT2D eigenvalue weighted by Gasteiger charge is -2.47. The van der Waals surface area contributed by atoms with Crippen molar-refractivity contribution in [2.75, 3.05) is 13.1 Å². The predicted octanol–water partition coefficient (Wildman–Crippen LogP) is 2.01. The molecule has 0 radical (unpaired) electrons. The van der Waals surface area contributed by atoms with Crippen molar-refractivity contribution >= 4 is 0 Å². The van der Waals surface area contributed by atoms with Crippen molar-refractivity contribution in [1.29, 1.82) is 0 Å². The molecular formula is C14H18FNO2. The molecule has 0 bridgehead atoms. The Bertz CT molecular complexity index is 465. The Balaban J connectivity index is 1.99. The van der Waals surface area contributed by atoms with Gasteiger partial charge < -0.3 is 15.2 Å². The quantitative estimate of drug-likeness (QED) is 0.741. The van der Waals surface area contributed by atoms with Crippen LogP contribution in [-0.2, 0) is 0 Å². The maximum Gasteiger partial charge on any atom is 0.128 e. The highest BCUT2D eigenvalue weighted by atomic mass is 19.1. The van der Waals surface area contributed by atoms with Crippen LogP contribution in [0.15, 0.2) is 18.2 Å². The van der Waals surface area contributed by atoms with Gasteiger partial charge in [0.15, 0.2) is 0 Å². The van der Waals surface area contributed by atoms with Crippen LogP contribution in [0.1, 0.15) is 31.4 Å². The number of piperidine rings is 1. The summed E-state index contributed by atoms with van der Waals surface area (Å²) in [5.41, 5.74) is 0.346. The van der Waals surface area contributed by atoms with E-state index in [-0.39, 0.29) is 11.4 Å². The second-order valence-corrected chi connectivity index (χ2v) is 5.42. The summed E-state index contributed by atoms with van der Waals surface area (Å²) in [7, 11) is 0. The molecule has 1 spiro atoms. The molecule has 18 heavy (non-hydrogen) atoms. The Morgan fingerprint density at radius 3 is 3.11 bits per heavy atom. The smallest absolute Gasteiger partial charge is 0.128 e. The van der Waals surface area contributed by atoms with Gasteiger partial charge in [-0.15, -0.1) is 0 Å².